The number of rotatable bonds is 3. The maximum absolute atomic E-state index is 10.5. The van der Waals surface area contributed by atoms with Gasteiger partial charge >= 0.3 is 0 Å². The Morgan fingerprint density at radius 3 is 3.00 bits per heavy atom. The highest BCUT2D eigenvalue weighted by Crippen LogP contribution is 2.13. The molecule has 0 aliphatic heterocycles. The van der Waals surface area contributed by atoms with Crippen LogP contribution in [0.15, 0.2) is 12.3 Å². The van der Waals surface area contributed by atoms with Crippen molar-refractivity contribution in [3.63, 3.8) is 0 Å². The van der Waals surface area contributed by atoms with Crippen molar-refractivity contribution in [3.8, 4) is 5.88 Å². The van der Waals surface area contributed by atoms with Gasteiger partial charge in [-0.3, -0.25) is 4.79 Å². The van der Waals surface area contributed by atoms with Gasteiger partial charge in [0.05, 0.1) is 12.2 Å². The minimum absolute atomic E-state index is 0.415. The number of carbonyl (C=O) groups is 1. The van der Waals surface area contributed by atoms with Crippen molar-refractivity contribution in [2.45, 2.75) is 13.8 Å². The van der Waals surface area contributed by atoms with Crippen molar-refractivity contribution in [1.82, 2.24) is 4.98 Å². The molecule has 0 amide bonds. The van der Waals surface area contributed by atoms with Crippen LogP contribution in [0.3, 0.4) is 0 Å². The summed E-state index contributed by atoms with van der Waals surface area (Å²) in [4.78, 5) is 14.5. The molecule has 0 aromatic carbocycles. The molecule has 64 valence electrons. The number of aryl methyl sites for hydroxylation is 1. The van der Waals surface area contributed by atoms with Gasteiger partial charge in [0.15, 0.2) is 6.29 Å². The van der Waals surface area contributed by atoms with Crippen LogP contribution >= 0.6 is 0 Å². The number of carbonyl (C=O) groups excluding carboxylic acids is 1. The zero-order chi connectivity index (χ0) is 8.97. The molecular weight excluding hydrogens is 154 g/mol. The predicted molar refractivity (Wildman–Crippen MR) is 45.5 cm³/mol. The molecule has 0 radical (unpaired) electrons. The van der Waals surface area contributed by atoms with Gasteiger partial charge in [0, 0.05) is 6.20 Å². The fraction of sp³-hybridized carbons (Fsp3) is 0.333. The van der Waals surface area contributed by atoms with Crippen LogP contribution < -0.4 is 4.74 Å². The average molecular weight is 165 g/mol. The molecule has 0 saturated carbocycles. The summed E-state index contributed by atoms with van der Waals surface area (Å²) in [5.41, 5.74) is 1.47. The Bertz CT molecular complexity index is 284. The van der Waals surface area contributed by atoms with Gasteiger partial charge in [-0.15, -0.1) is 0 Å². The Balaban J connectivity index is 3.02. The van der Waals surface area contributed by atoms with Gasteiger partial charge in [-0.05, 0) is 25.5 Å². The molecule has 0 spiro atoms. The Labute approximate surface area is 71.4 Å². The first-order chi connectivity index (χ1) is 5.77. The Hall–Kier alpha value is -1.38. The van der Waals surface area contributed by atoms with Gasteiger partial charge in [0.1, 0.15) is 0 Å². The molecule has 3 nitrogen and oxygen atoms in total. The van der Waals surface area contributed by atoms with Crippen LogP contribution in [0.25, 0.3) is 0 Å². The van der Waals surface area contributed by atoms with Gasteiger partial charge in [-0.1, -0.05) is 0 Å². The van der Waals surface area contributed by atoms with Gasteiger partial charge in [0.25, 0.3) is 0 Å². The van der Waals surface area contributed by atoms with E-state index < -0.39 is 0 Å². The Kier molecular flexibility index (Phi) is 2.80. The monoisotopic (exact) mass is 165 g/mol. The van der Waals surface area contributed by atoms with Crippen molar-refractivity contribution >= 4 is 6.29 Å². The second-order valence-electron chi connectivity index (χ2n) is 2.46. The molecule has 0 aliphatic carbocycles. The van der Waals surface area contributed by atoms with Gasteiger partial charge in [-0.2, -0.15) is 0 Å². The van der Waals surface area contributed by atoms with Crippen molar-refractivity contribution in [1.29, 1.82) is 0 Å². The minimum Gasteiger partial charge on any atom is -0.477 e. The van der Waals surface area contributed by atoms with Crippen molar-refractivity contribution in [2.75, 3.05) is 6.61 Å². The summed E-state index contributed by atoms with van der Waals surface area (Å²) in [5, 5.41) is 0. The lowest BCUT2D eigenvalue weighted by Crippen LogP contribution is -1.98. The molecule has 0 unspecified atom stereocenters. The molecule has 12 heavy (non-hydrogen) atoms. The van der Waals surface area contributed by atoms with Gasteiger partial charge in [-0.25, -0.2) is 4.98 Å². The number of hydrogen-bond donors (Lipinski definition) is 0. The van der Waals surface area contributed by atoms with Crippen LogP contribution in [0.4, 0.5) is 0 Å². The van der Waals surface area contributed by atoms with Gasteiger partial charge in [0.2, 0.25) is 5.88 Å². The number of pyridine rings is 1. The Morgan fingerprint density at radius 2 is 2.42 bits per heavy atom. The van der Waals surface area contributed by atoms with Crippen LogP contribution in [0.2, 0.25) is 0 Å². The molecule has 1 aromatic rings. The van der Waals surface area contributed by atoms with E-state index in [1.54, 1.807) is 12.3 Å². The van der Waals surface area contributed by atoms with E-state index in [0.29, 0.717) is 18.1 Å². The van der Waals surface area contributed by atoms with Crippen molar-refractivity contribution in [2.24, 2.45) is 0 Å². The predicted octanol–water partition coefficient (Wildman–Crippen LogP) is 1.60. The molecule has 3 heteroatoms. The SMILES string of the molecule is CCOc1ncc(C)cc1C=O. The fourth-order valence-electron chi connectivity index (χ4n) is 0.921. The normalized spacial score (nSPS) is 9.50. The smallest absolute Gasteiger partial charge is 0.224 e. The third-order valence-corrected chi connectivity index (χ3v) is 1.42. The highest BCUT2D eigenvalue weighted by molar-refractivity contribution is 5.78. The third kappa shape index (κ3) is 1.81. The van der Waals surface area contributed by atoms with Gasteiger partial charge < -0.3 is 4.74 Å². The number of hydrogen-bond acceptors (Lipinski definition) is 3. The fourth-order valence-corrected chi connectivity index (χ4v) is 0.921. The lowest BCUT2D eigenvalue weighted by molar-refractivity contribution is 0.111. The summed E-state index contributed by atoms with van der Waals surface area (Å²) in [7, 11) is 0. The molecule has 0 bridgehead atoms. The van der Waals surface area contributed by atoms with E-state index >= 15 is 0 Å². The minimum atomic E-state index is 0.415. The molecule has 0 saturated heterocycles. The van der Waals surface area contributed by atoms with E-state index in [1.807, 2.05) is 13.8 Å². The maximum Gasteiger partial charge on any atom is 0.224 e. The quantitative estimate of drug-likeness (QED) is 0.638. The summed E-state index contributed by atoms with van der Waals surface area (Å²) in [6.45, 7) is 4.27. The largest absolute Gasteiger partial charge is 0.477 e. The molecule has 0 fully saturated rings. The average Bonchev–Trinajstić information content (AvgIpc) is 2.08. The second-order valence-corrected chi connectivity index (χ2v) is 2.46. The van der Waals surface area contributed by atoms with Crippen molar-refractivity contribution in [3.05, 3.63) is 23.4 Å². The number of nitrogens with zero attached hydrogens (tertiary/aromatic N) is 1. The van der Waals surface area contributed by atoms with E-state index in [9.17, 15) is 4.79 Å². The first-order valence-corrected chi connectivity index (χ1v) is 3.82. The van der Waals surface area contributed by atoms with E-state index in [-0.39, 0.29) is 0 Å². The first-order valence-electron chi connectivity index (χ1n) is 3.82. The third-order valence-electron chi connectivity index (χ3n) is 1.42. The highest BCUT2D eigenvalue weighted by Gasteiger charge is 2.02. The van der Waals surface area contributed by atoms with Crippen LogP contribution in [-0.2, 0) is 0 Å². The molecule has 0 atom stereocenters. The summed E-state index contributed by atoms with van der Waals surface area (Å²) in [5.74, 6) is 0.415. The summed E-state index contributed by atoms with van der Waals surface area (Å²) in [6, 6.07) is 1.75. The van der Waals surface area contributed by atoms with Crippen LogP contribution in [0.1, 0.15) is 22.8 Å². The maximum atomic E-state index is 10.5. The highest BCUT2D eigenvalue weighted by atomic mass is 16.5. The van der Waals surface area contributed by atoms with Crippen LogP contribution in [-0.4, -0.2) is 17.9 Å². The number of aromatic nitrogens is 1. The standard InChI is InChI=1S/C9H11NO2/c1-3-12-9-8(6-11)4-7(2)5-10-9/h4-6H,3H2,1-2H3. The van der Waals surface area contributed by atoms with E-state index in [0.717, 1.165) is 11.8 Å². The molecule has 1 aromatic heterocycles. The summed E-state index contributed by atoms with van der Waals surface area (Å²) < 4.78 is 5.14. The summed E-state index contributed by atoms with van der Waals surface area (Å²) >= 11 is 0. The Morgan fingerprint density at radius 1 is 1.67 bits per heavy atom. The molecule has 1 heterocycles. The lowest BCUT2D eigenvalue weighted by atomic mass is 10.2. The molecule has 0 N–H and O–H groups in total. The summed E-state index contributed by atoms with van der Waals surface area (Å²) in [6.07, 6.45) is 2.43. The topological polar surface area (TPSA) is 39.2 Å². The molecule has 1 rings (SSSR count). The van der Waals surface area contributed by atoms with E-state index in [4.69, 9.17) is 4.74 Å². The number of ether oxygens (including phenoxy) is 1. The van der Waals surface area contributed by atoms with E-state index in [1.165, 1.54) is 0 Å². The lowest BCUT2D eigenvalue weighted by Gasteiger charge is -2.04. The first kappa shape index (κ1) is 8.71. The van der Waals surface area contributed by atoms with Crippen LogP contribution in [0, 0.1) is 6.92 Å². The number of aldehydes is 1. The second kappa shape index (κ2) is 3.85. The molecule has 0 aliphatic rings. The molecular formula is C9H11NO2. The zero-order valence-electron chi connectivity index (χ0n) is 7.20. The van der Waals surface area contributed by atoms with Crippen LogP contribution in [0.5, 0.6) is 5.88 Å². The van der Waals surface area contributed by atoms with Crippen molar-refractivity contribution < 1.29 is 9.53 Å². The zero-order valence-corrected chi connectivity index (χ0v) is 7.20. The van der Waals surface area contributed by atoms with E-state index in [2.05, 4.69) is 4.98 Å².